The summed E-state index contributed by atoms with van der Waals surface area (Å²) >= 11 is 1.83. The van der Waals surface area contributed by atoms with Gasteiger partial charge in [0.15, 0.2) is 0 Å². The van der Waals surface area contributed by atoms with Crippen LogP contribution >= 0.6 is 11.3 Å². The summed E-state index contributed by atoms with van der Waals surface area (Å²) in [5.74, 6) is 0.586. The van der Waals surface area contributed by atoms with Crippen molar-refractivity contribution in [2.45, 2.75) is 39.3 Å². The second-order valence-electron chi connectivity index (χ2n) is 7.28. The summed E-state index contributed by atoms with van der Waals surface area (Å²) in [5, 5.41) is 6.50. The molecule has 0 aromatic carbocycles. The van der Waals surface area contributed by atoms with Crippen LogP contribution in [0, 0.1) is 12.8 Å². The normalized spacial score (nSPS) is 19.2. The molecule has 25 heavy (non-hydrogen) atoms. The standard InChI is InChI=1S/C19H26N4OS/c1-15-12-20-23(13-15)10-9-21-6-2-16(3-7-21)19(24)22-8-4-18-17(14-22)5-11-25-18/h5,11-13,16H,2-4,6-10,14H2,1H3. The number of amides is 1. The van der Waals surface area contributed by atoms with Crippen LogP contribution in [-0.4, -0.2) is 51.7 Å². The van der Waals surface area contributed by atoms with Crippen molar-refractivity contribution < 1.29 is 4.79 Å². The minimum atomic E-state index is 0.211. The number of nitrogens with zero attached hydrogens (tertiary/aromatic N) is 4. The maximum absolute atomic E-state index is 12.9. The highest BCUT2D eigenvalue weighted by Gasteiger charge is 2.30. The van der Waals surface area contributed by atoms with Crippen LogP contribution in [0.1, 0.15) is 28.8 Å². The second-order valence-corrected chi connectivity index (χ2v) is 8.28. The Bertz CT molecular complexity index is 729. The second kappa shape index (κ2) is 7.30. The molecule has 0 unspecified atom stereocenters. The fraction of sp³-hybridized carbons (Fsp3) is 0.579. The predicted octanol–water partition coefficient (Wildman–Crippen LogP) is 2.55. The molecule has 0 bridgehead atoms. The average Bonchev–Trinajstić information content (AvgIpc) is 3.27. The Hall–Kier alpha value is -1.66. The molecule has 2 aromatic rings. The van der Waals surface area contributed by atoms with Crippen molar-refractivity contribution in [3.8, 4) is 0 Å². The largest absolute Gasteiger partial charge is 0.338 e. The van der Waals surface area contributed by atoms with Gasteiger partial charge in [0.05, 0.1) is 12.7 Å². The average molecular weight is 359 g/mol. The van der Waals surface area contributed by atoms with Gasteiger partial charge >= 0.3 is 0 Å². The molecule has 134 valence electrons. The summed E-state index contributed by atoms with van der Waals surface area (Å²) in [6, 6.07) is 2.18. The summed E-state index contributed by atoms with van der Waals surface area (Å²) in [6.07, 6.45) is 7.00. The summed E-state index contributed by atoms with van der Waals surface area (Å²) < 4.78 is 2.01. The molecule has 1 saturated heterocycles. The van der Waals surface area contributed by atoms with Gasteiger partial charge in [0.25, 0.3) is 0 Å². The molecule has 4 rings (SSSR count). The van der Waals surface area contributed by atoms with Crippen LogP contribution < -0.4 is 0 Å². The summed E-state index contributed by atoms with van der Waals surface area (Å²) in [7, 11) is 0. The summed E-state index contributed by atoms with van der Waals surface area (Å²) in [4.78, 5) is 18.9. The number of hydrogen-bond donors (Lipinski definition) is 0. The van der Waals surface area contributed by atoms with E-state index in [1.807, 2.05) is 22.2 Å². The van der Waals surface area contributed by atoms with Crippen molar-refractivity contribution in [2.75, 3.05) is 26.2 Å². The number of likely N-dealkylation sites (tertiary alicyclic amines) is 1. The molecular weight excluding hydrogens is 332 g/mol. The lowest BCUT2D eigenvalue weighted by atomic mass is 9.94. The molecule has 5 nitrogen and oxygen atoms in total. The third-order valence-electron chi connectivity index (χ3n) is 5.46. The third-order valence-corrected chi connectivity index (χ3v) is 6.49. The smallest absolute Gasteiger partial charge is 0.226 e. The van der Waals surface area contributed by atoms with Gasteiger partial charge in [-0.3, -0.25) is 9.48 Å². The van der Waals surface area contributed by atoms with E-state index in [4.69, 9.17) is 0 Å². The highest BCUT2D eigenvalue weighted by molar-refractivity contribution is 7.10. The Balaban J connectivity index is 1.25. The van der Waals surface area contributed by atoms with E-state index in [2.05, 4.69) is 39.5 Å². The van der Waals surface area contributed by atoms with Crippen molar-refractivity contribution in [1.29, 1.82) is 0 Å². The van der Waals surface area contributed by atoms with Crippen LogP contribution in [-0.2, 0) is 24.3 Å². The zero-order valence-corrected chi connectivity index (χ0v) is 15.7. The van der Waals surface area contributed by atoms with Gasteiger partial charge in [0, 0.05) is 36.6 Å². The van der Waals surface area contributed by atoms with E-state index in [-0.39, 0.29) is 5.92 Å². The molecule has 0 aliphatic carbocycles. The van der Waals surface area contributed by atoms with Gasteiger partial charge in [0.1, 0.15) is 0 Å². The van der Waals surface area contributed by atoms with E-state index in [9.17, 15) is 4.79 Å². The first-order chi connectivity index (χ1) is 12.2. The van der Waals surface area contributed by atoms with Crippen molar-refractivity contribution >= 4 is 17.2 Å². The van der Waals surface area contributed by atoms with Crippen LogP contribution in [0.5, 0.6) is 0 Å². The molecule has 0 spiro atoms. The molecule has 2 aliphatic heterocycles. The van der Waals surface area contributed by atoms with Gasteiger partial charge in [-0.1, -0.05) is 0 Å². The number of aryl methyl sites for hydroxylation is 1. The van der Waals surface area contributed by atoms with Crippen LogP contribution in [0.25, 0.3) is 0 Å². The van der Waals surface area contributed by atoms with E-state index >= 15 is 0 Å². The van der Waals surface area contributed by atoms with E-state index in [1.54, 1.807) is 0 Å². The molecular formula is C19H26N4OS. The SMILES string of the molecule is Cc1cnn(CCN2CCC(C(=O)N3CCc4sccc4C3)CC2)c1. The number of fused-ring (bicyclic) bond motifs is 1. The number of thiophene rings is 1. The van der Waals surface area contributed by atoms with Gasteiger partial charge < -0.3 is 9.80 Å². The molecule has 2 aliphatic rings. The first-order valence-corrected chi connectivity index (χ1v) is 10.1. The first-order valence-electron chi connectivity index (χ1n) is 9.24. The van der Waals surface area contributed by atoms with Crippen LogP contribution in [0.2, 0.25) is 0 Å². The maximum Gasteiger partial charge on any atom is 0.226 e. The first kappa shape index (κ1) is 16.8. The molecule has 0 radical (unpaired) electrons. The van der Waals surface area contributed by atoms with Crippen LogP contribution in [0.15, 0.2) is 23.8 Å². The van der Waals surface area contributed by atoms with Crippen molar-refractivity contribution in [2.24, 2.45) is 5.92 Å². The molecule has 0 atom stereocenters. The maximum atomic E-state index is 12.9. The number of aromatic nitrogens is 2. The van der Waals surface area contributed by atoms with Gasteiger partial charge in [-0.05, 0) is 61.8 Å². The van der Waals surface area contributed by atoms with E-state index in [1.165, 1.54) is 16.0 Å². The minimum Gasteiger partial charge on any atom is -0.338 e. The molecule has 0 saturated carbocycles. The molecule has 6 heteroatoms. The zero-order valence-electron chi connectivity index (χ0n) is 14.9. The van der Waals surface area contributed by atoms with Gasteiger partial charge in [-0.15, -0.1) is 11.3 Å². The summed E-state index contributed by atoms with van der Waals surface area (Å²) in [5.41, 5.74) is 2.57. The van der Waals surface area contributed by atoms with Crippen LogP contribution in [0.3, 0.4) is 0 Å². The van der Waals surface area contributed by atoms with Crippen molar-refractivity contribution in [1.82, 2.24) is 19.6 Å². The highest BCUT2D eigenvalue weighted by Crippen LogP contribution is 2.27. The molecule has 1 fully saturated rings. The van der Waals surface area contributed by atoms with Gasteiger partial charge in [0.2, 0.25) is 5.91 Å². The van der Waals surface area contributed by atoms with Crippen LogP contribution in [0.4, 0.5) is 0 Å². The van der Waals surface area contributed by atoms with Gasteiger partial charge in [-0.2, -0.15) is 5.10 Å². The zero-order chi connectivity index (χ0) is 17.2. The third kappa shape index (κ3) is 3.80. The molecule has 1 amide bonds. The number of carbonyl (C=O) groups is 1. The fourth-order valence-corrected chi connectivity index (χ4v) is 4.82. The monoisotopic (exact) mass is 358 g/mol. The Labute approximate surface area is 153 Å². The van der Waals surface area contributed by atoms with E-state index in [0.29, 0.717) is 5.91 Å². The Morgan fingerprint density at radius 1 is 1.28 bits per heavy atom. The fourth-order valence-electron chi connectivity index (χ4n) is 3.93. The Morgan fingerprint density at radius 2 is 2.12 bits per heavy atom. The van der Waals surface area contributed by atoms with Crippen molar-refractivity contribution in [3.05, 3.63) is 39.8 Å². The van der Waals surface area contributed by atoms with Crippen molar-refractivity contribution in [3.63, 3.8) is 0 Å². The Kier molecular flexibility index (Phi) is 4.90. The topological polar surface area (TPSA) is 41.4 Å². The molecule has 0 N–H and O–H groups in total. The minimum absolute atomic E-state index is 0.211. The lowest BCUT2D eigenvalue weighted by Crippen LogP contribution is -2.44. The van der Waals surface area contributed by atoms with E-state index in [0.717, 1.165) is 58.5 Å². The lowest BCUT2D eigenvalue weighted by molar-refractivity contribution is -0.138. The number of hydrogen-bond acceptors (Lipinski definition) is 4. The quantitative estimate of drug-likeness (QED) is 0.843. The number of piperidine rings is 1. The number of rotatable bonds is 4. The summed E-state index contributed by atoms with van der Waals surface area (Å²) in [6.45, 7) is 7.77. The molecule has 4 heterocycles. The van der Waals surface area contributed by atoms with E-state index < -0.39 is 0 Å². The molecule has 2 aromatic heterocycles. The Morgan fingerprint density at radius 3 is 2.88 bits per heavy atom. The highest BCUT2D eigenvalue weighted by atomic mass is 32.1. The lowest BCUT2D eigenvalue weighted by Gasteiger charge is -2.35. The predicted molar refractivity (Wildman–Crippen MR) is 99.6 cm³/mol. The number of carbonyl (C=O) groups excluding carboxylic acids is 1. The van der Waals surface area contributed by atoms with Gasteiger partial charge in [-0.25, -0.2) is 0 Å².